The van der Waals surface area contributed by atoms with Crippen molar-refractivity contribution >= 4 is 0 Å². The summed E-state index contributed by atoms with van der Waals surface area (Å²) in [6.07, 6.45) is 6.53. The second-order valence-corrected chi connectivity index (χ2v) is 8.29. The van der Waals surface area contributed by atoms with Crippen LogP contribution in [0.3, 0.4) is 0 Å². The van der Waals surface area contributed by atoms with E-state index in [1.54, 1.807) is 11.1 Å². The Labute approximate surface area is 149 Å². The average Bonchev–Trinajstić information content (AvgIpc) is 2.46. The van der Waals surface area contributed by atoms with Gasteiger partial charge in [0.2, 0.25) is 0 Å². The van der Waals surface area contributed by atoms with E-state index in [0.29, 0.717) is 16.7 Å². The number of rotatable bonds is 2. The predicted octanol–water partition coefficient (Wildman–Crippen LogP) is 4.78. The molecule has 2 aliphatic carbocycles. The van der Waals surface area contributed by atoms with Gasteiger partial charge in [-0.3, -0.25) is 0 Å². The van der Waals surface area contributed by atoms with Crippen molar-refractivity contribution in [3.05, 3.63) is 34.9 Å². The zero-order valence-corrected chi connectivity index (χ0v) is 17.9. The minimum atomic E-state index is 0. The van der Waals surface area contributed by atoms with E-state index < -0.39 is 0 Å². The molecule has 3 rings (SSSR count). The van der Waals surface area contributed by atoms with Gasteiger partial charge in [-0.25, -0.2) is 0 Å². The Kier molecular flexibility index (Phi) is 5.25. The molecule has 0 aromatic heterocycles. The molecule has 1 aromatic carbocycles. The fraction of sp³-hybridized carbons (Fsp3) is 0.700. The molecule has 0 aliphatic heterocycles. The minimum absolute atomic E-state index is 0. The first-order valence-corrected chi connectivity index (χ1v) is 8.74. The average molecular weight is 351 g/mol. The van der Waals surface area contributed by atoms with E-state index in [9.17, 15) is 0 Å². The van der Waals surface area contributed by atoms with Crippen LogP contribution in [-0.2, 0) is 31.3 Å². The van der Waals surface area contributed by atoms with Crippen LogP contribution in [0.5, 0.6) is 0 Å². The maximum absolute atomic E-state index is 6.19. The standard InChI is InChI=1S/C20H31N.Zn/c1-14(2)15-6-8-17-16(12-15)7-9-18-19(3,13-21)10-5-11-20(17,18)4;/h6,8,12,14,18H,5,7,9-11,13,21H2,1-4H3;/t18-,19+,20+;/m0./s1. The molecule has 1 nitrogen and oxygen atoms in total. The van der Waals surface area contributed by atoms with Gasteiger partial charge in [0.05, 0.1) is 0 Å². The van der Waals surface area contributed by atoms with Gasteiger partial charge in [-0.1, -0.05) is 52.3 Å². The molecule has 0 heterocycles. The van der Waals surface area contributed by atoms with E-state index in [1.807, 2.05) is 0 Å². The van der Waals surface area contributed by atoms with Gasteiger partial charge < -0.3 is 5.73 Å². The van der Waals surface area contributed by atoms with E-state index in [2.05, 4.69) is 45.9 Å². The third kappa shape index (κ3) is 2.71. The molecule has 0 unspecified atom stereocenters. The van der Waals surface area contributed by atoms with Crippen molar-refractivity contribution in [2.45, 2.75) is 71.1 Å². The van der Waals surface area contributed by atoms with Gasteiger partial charge in [0.1, 0.15) is 0 Å². The van der Waals surface area contributed by atoms with Crippen LogP contribution >= 0.6 is 0 Å². The molecule has 0 saturated heterocycles. The summed E-state index contributed by atoms with van der Waals surface area (Å²) < 4.78 is 0. The topological polar surface area (TPSA) is 26.0 Å². The van der Waals surface area contributed by atoms with Crippen molar-refractivity contribution in [3.63, 3.8) is 0 Å². The first-order valence-electron chi connectivity index (χ1n) is 8.74. The Hall–Kier alpha value is -0.197. The van der Waals surface area contributed by atoms with Crippen LogP contribution in [0.1, 0.15) is 76.0 Å². The Bertz CT molecular complexity index is 539. The zero-order chi connectivity index (χ0) is 15.3. The van der Waals surface area contributed by atoms with Crippen LogP contribution in [0.25, 0.3) is 0 Å². The Morgan fingerprint density at radius 3 is 2.59 bits per heavy atom. The van der Waals surface area contributed by atoms with Crippen molar-refractivity contribution in [1.82, 2.24) is 0 Å². The molecule has 0 amide bonds. The van der Waals surface area contributed by atoms with Crippen molar-refractivity contribution in [1.29, 1.82) is 0 Å². The molecule has 3 atom stereocenters. The maximum atomic E-state index is 6.19. The van der Waals surface area contributed by atoms with E-state index >= 15 is 0 Å². The molecule has 2 heteroatoms. The maximum Gasteiger partial charge on any atom is 0 e. The smallest absolute Gasteiger partial charge is 0 e. The minimum Gasteiger partial charge on any atom is -0.330 e. The van der Waals surface area contributed by atoms with Crippen molar-refractivity contribution in [2.75, 3.05) is 6.54 Å². The van der Waals surface area contributed by atoms with Gasteiger partial charge in [0.25, 0.3) is 0 Å². The number of nitrogens with two attached hydrogens (primary N) is 1. The second-order valence-electron chi connectivity index (χ2n) is 8.29. The SMILES string of the molecule is CC(C)c1ccc2c(c1)CC[C@H]1[C@@](C)(CN)CCC[C@]21C.[Zn]. The number of hydrogen-bond donors (Lipinski definition) is 1. The first kappa shape index (κ1) is 18.1. The summed E-state index contributed by atoms with van der Waals surface area (Å²) in [5.41, 5.74) is 11.6. The van der Waals surface area contributed by atoms with Gasteiger partial charge in [-0.2, -0.15) is 0 Å². The van der Waals surface area contributed by atoms with Crippen molar-refractivity contribution < 1.29 is 19.5 Å². The summed E-state index contributed by atoms with van der Waals surface area (Å²) in [6, 6.07) is 7.29. The monoisotopic (exact) mass is 349 g/mol. The van der Waals surface area contributed by atoms with Crippen LogP contribution in [0.15, 0.2) is 18.2 Å². The Morgan fingerprint density at radius 2 is 1.95 bits per heavy atom. The van der Waals surface area contributed by atoms with Gasteiger partial charge in [0, 0.05) is 19.5 Å². The molecular formula is C20H31NZn. The summed E-state index contributed by atoms with van der Waals surface area (Å²) in [4.78, 5) is 0. The Morgan fingerprint density at radius 1 is 1.23 bits per heavy atom. The van der Waals surface area contributed by atoms with Crippen molar-refractivity contribution in [3.8, 4) is 0 Å². The molecule has 0 bridgehead atoms. The summed E-state index contributed by atoms with van der Waals surface area (Å²) in [6.45, 7) is 10.4. The third-order valence-electron chi connectivity index (χ3n) is 6.63. The van der Waals surface area contributed by atoms with Crippen molar-refractivity contribution in [2.24, 2.45) is 17.1 Å². The number of fused-ring (bicyclic) bond motifs is 3. The summed E-state index contributed by atoms with van der Waals surface area (Å²) >= 11 is 0. The molecule has 0 spiro atoms. The molecule has 22 heavy (non-hydrogen) atoms. The van der Waals surface area contributed by atoms with Crippen LogP contribution in [0.4, 0.5) is 0 Å². The molecule has 0 radical (unpaired) electrons. The number of hydrogen-bond acceptors (Lipinski definition) is 1. The fourth-order valence-electron chi connectivity index (χ4n) is 5.25. The van der Waals surface area contributed by atoms with Crippen LogP contribution in [0.2, 0.25) is 0 Å². The van der Waals surface area contributed by atoms with Gasteiger partial charge in [-0.05, 0) is 71.6 Å². The van der Waals surface area contributed by atoms with Crippen LogP contribution in [0, 0.1) is 11.3 Å². The molecule has 118 valence electrons. The normalized spacial score (nSPS) is 33.8. The third-order valence-corrected chi connectivity index (χ3v) is 6.63. The summed E-state index contributed by atoms with van der Waals surface area (Å²) in [5.74, 6) is 1.38. The molecule has 2 N–H and O–H groups in total. The van der Waals surface area contributed by atoms with E-state index in [0.717, 1.165) is 12.5 Å². The second kappa shape index (κ2) is 6.36. The summed E-state index contributed by atoms with van der Waals surface area (Å²) in [5, 5.41) is 0. The Balaban J connectivity index is 0.00000176. The first-order chi connectivity index (χ1) is 9.90. The van der Waals surface area contributed by atoms with Gasteiger partial charge in [0.15, 0.2) is 0 Å². The molecule has 1 fully saturated rings. The largest absolute Gasteiger partial charge is 0.330 e. The quantitative estimate of drug-likeness (QED) is 0.763. The van der Waals surface area contributed by atoms with E-state index in [-0.39, 0.29) is 19.5 Å². The molecule has 1 saturated carbocycles. The zero-order valence-electron chi connectivity index (χ0n) is 14.9. The van der Waals surface area contributed by atoms with E-state index in [4.69, 9.17) is 5.73 Å². The van der Waals surface area contributed by atoms with Crippen LogP contribution in [-0.4, -0.2) is 6.54 Å². The van der Waals surface area contributed by atoms with Crippen LogP contribution < -0.4 is 5.73 Å². The fourth-order valence-corrected chi connectivity index (χ4v) is 5.25. The number of benzene rings is 1. The molecule has 1 aromatic rings. The number of aryl methyl sites for hydroxylation is 1. The van der Waals surface area contributed by atoms with Gasteiger partial charge in [-0.15, -0.1) is 0 Å². The van der Waals surface area contributed by atoms with Gasteiger partial charge >= 0.3 is 0 Å². The summed E-state index contributed by atoms with van der Waals surface area (Å²) in [7, 11) is 0. The molecule has 2 aliphatic rings. The molecular weight excluding hydrogens is 320 g/mol. The predicted molar refractivity (Wildman–Crippen MR) is 90.7 cm³/mol. The van der Waals surface area contributed by atoms with E-state index in [1.165, 1.54) is 37.7 Å².